The summed E-state index contributed by atoms with van der Waals surface area (Å²) >= 11 is 0. The normalized spacial score (nSPS) is 11.4. The highest BCUT2D eigenvalue weighted by atomic mass is 16.3. The van der Waals surface area contributed by atoms with E-state index < -0.39 is 5.41 Å². The Bertz CT molecular complexity index is 361. The molecule has 0 saturated heterocycles. The van der Waals surface area contributed by atoms with Crippen molar-refractivity contribution in [3.05, 3.63) is 23.8 Å². The summed E-state index contributed by atoms with van der Waals surface area (Å²) in [7, 11) is 0. The number of benzene rings is 1. The molecule has 2 N–H and O–H groups in total. The van der Waals surface area contributed by atoms with Crippen LogP contribution in [0.1, 0.15) is 31.1 Å². The van der Waals surface area contributed by atoms with Gasteiger partial charge >= 0.3 is 0 Å². The molecule has 76 valence electrons. The second-order valence-corrected chi connectivity index (χ2v) is 4.25. The summed E-state index contributed by atoms with van der Waals surface area (Å²) in [5.74, 6) is -0.793. The zero-order valence-electron chi connectivity index (χ0n) is 8.53. The monoisotopic (exact) mass is 194 g/mol. The van der Waals surface area contributed by atoms with Gasteiger partial charge in [0.1, 0.15) is 0 Å². The van der Waals surface area contributed by atoms with Crippen LogP contribution in [0.3, 0.4) is 0 Å². The molecule has 0 atom stereocenters. The Morgan fingerprint density at radius 1 is 1.21 bits per heavy atom. The fourth-order valence-corrected chi connectivity index (χ4v) is 1.12. The van der Waals surface area contributed by atoms with Gasteiger partial charge in [-0.05, 0) is 12.1 Å². The Kier molecular flexibility index (Phi) is 2.51. The molecular weight excluding hydrogens is 180 g/mol. The van der Waals surface area contributed by atoms with Gasteiger partial charge < -0.3 is 10.2 Å². The van der Waals surface area contributed by atoms with Gasteiger partial charge in [-0.3, -0.25) is 4.79 Å². The van der Waals surface area contributed by atoms with E-state index >= 15 is 0 Å². The molecule has 0 aliphatic rings. The summed E-state index contributed by atoms with van der Waals surface area (Å²) in [5.41, 5.74) is -0.400. The molecule has 3 nitrogen and oxygen atoms in total. The predicted molar refractivity (Wildman–Crippen MR) is 53.6 cm³/mol. The number of hydrogen-bond acceptors (Lipinski definition) is 3. The van der Waals surface area contributed by atoms with E-state index in [0.717, 1.165) is 0 Å². The minimum Gasteiger partial charge on any atom is -0.504 e. The van der Waals surface area contributed by atoms with Crippen molar-refractivity contribution < 1.29 is 15.0 Å². The van der Waals surface area contributed by atoms with Crippen molar-refractivity contribution in [2.75, 3.05) is 0 Å². The van der Waals surface area contributed by atoms with Crippen molar-refractivity contribution in [1.82, 2.24) is 0 Å². The molecule has 0 heterocycles. The molecule has 1 aromatic rings. The molecule has 0 aromatic heterocycles. The van der Waals surface area contributed by atoms with E-state index in [1.54, 1.807) is 20.8 Å². The van der Waals surface area contributed by atoms with Crippen molar-refractivity contribution >= 4 is 5.78 Å². The van der Waals surface area contributed by atoms with Crippen molar-refractivity contribution in [2.45, 2.75) is 20.8 Å². The van der Waals surface area contributed by atoms with Crippen LogP contribution < -0.4 is 0 Å². The molecule has 3 heteroatoms. The lowest BCUT2D eigenvalue weighted by molar-refractivity contribution is 0.0854. The van der Waals surface area contributed by atoms with Crippen molar-refractivity contribution in [3.8, 4) is 11.5 Å². The van der Waals surface area contributed by atoms with Crippen LogP contribution in [0.4, 0.5) is 0 Å². The maximum Gasteiger partial charge on any atom is 0.172 e. The van der Waals surface area contributed by atoms with Gasteiger partial charge in [-0.15, -0.1) is 0 Å². The van der Waals surface area contributed by atoms with Crippen LogP contribution in [0.25, 0.3) is 0 Å². The second kappa shape index (κ2) is 3.33. The smallest absolute Gasteiger partial charge is 0.172 e. The molecule has 0 saturated carbocycles. The molecule has 0 spiro atoms. The first kappa shape index (κ1) is 10.6. The van der Waals surface area contributed by atoms with E-state index in [4.69, 9.17) is 0 Å². The minimum absolute atomic E-state index is 0.164. The van der Waals surface area contributed by atoms with Crippen LogP contribution >= 0.6 is 0 Å². The van der Waals surface area contributed by atoms with Crippen LogP contribution in [0, 0.1) is 5.41 Å². The summed E-state index contributed by atoms with van der Waals surface area (Å²) in [6.45, 7) is 5.29. The predicted octanol–water partition coefficient (Wildman–Crippen LogP) is 2.33. The first-order chi connectivity index (χ1) is 6.34. The third-order valence-electron chi connectivity index (χ3n) is 1.94. The SMILES string of the molecule is CC(C)(C)C(=O)c1cccc(O)c1O. The molecular formula is C11H14O3. The van der Waals surface area contributed by atoms with E-state index in [-0.39, 0.29) is 22.8 Å². The largest absolute Gasteiger partial charge is 0.504 e. The summed E-state index contributed by atoms with van der Waals surface area (Å²) in [6.07, 6.45) is 0. The van der Waals surface area contributed by atoms with Crippen LogP contribution in [-0.2, 0) is 0 Å². The van der Waals surface area contributed by atoms with Gasteiger partial charge in [0.05, 0.1) is 5.56 Å². The number of Topliss-reactive ketones (excluding diaryl/α,β-unsaturated/α-hetero) is 1. The number of carbonyl (C=O) groups excluding carboxylic acids is 1. The summed E-state index contributed by atoms with van der Waals surface area (Å²) in [6, 6.07) is 4.38. The van der Waals surface area contributed by atoms with Gasteiger partial charge in [-0.25, -0.2) is 0 Å². The first-order valence-electron chi connectivity index (χ1n) is 4.40. The third kappa shape index (κ3) is 1.87. The standard InChI is InChI=1S/C11H14O3/c1-11(2,3)10(14)7-5-4-6-8(12)9(7)13/h4-6,12-13H,1-3H3. The molecule has 0 unspecified atom stereocenters. The molecule has 14 heavy (non-hydrogen) atoms. The molecule has 0 aliphatic heterocycles. The average molecular weight is 194 g/mol. The number of rotatable bonds is 1. The van der Waals surface area contributed by atoms with Gasteiger partial charge in [0.2, 0.25) is 0 Å². The summed E-state index contributed by atoms with van der Waals surface area (Å²) < 4.78 is 0. The lowest BCUT2D eigenvalue weighted by Crippen LogP contribution is -2.20. The van der Waals surface area contributed by atoms with Gasteiger partial charge in [0.25, 0.3) is 0 Å². The third-order valence-corrected chi connectivity index (χ3v) is 1.94. The van der Waals surface area contributed by atoms with Crippen LogP contribution in [-0.4, -0.2) is 16.0 Å². The molecule has 0 radical (unpaired) electrons. The fraction of sp³-hybridized carbons (Fsp3) is 0.364. The fourth-order valence-electron chi connectivity index (χ4n) is 1.12. The van der Waals surface area contributed by atoms with E-state index in [1.165, 1.54) is 18.2 Å². The van der Waals surface area contributed by atoms with Gasteiger partial charge in [-0.1, -0.05) is 26.8 Å². The summed E-state index contributed by atoms with van der Waals surface area (Å²) in [4.78, 5) is 11.8. The Morgan fingerprint density at radius 2 is 1.79 bits per heavy atom. The number of ketones is 1. The number of carbonyl (C=O) groups is 1. The summed E-state index contributed by atoms with van der Waals surface area (Å²) in [5, 5.41) is 18.7. The molecule has 0 bridgehead atoms. The Hall–Kier alpha value is -1.51. The zero-order valence-corrected chi connectivity index (χ0v) is 8.53. The maximum absolute atomic E-state index is 11.8. The van der Waals surface area contributed by atoms with Crippen molar-refractivity contribution in [1.29, 1.82) is 0 Å². The molecule has 1 aromatic carbocycles. The number of hydrogen-bond donors (Lipinski definition) is 2. The topological polar surface area (TPSA) is 57.5 Å². The molecule has 1 rings (SSSR count). The maximum atomic E-state index is 11.8. The van der Waals surface area contributed by atoms with E-state index in [9.17, 15) is 15.0 Å². The lowest BCUT2D eigenvalue weighted by atomic mass is 9.86. The van der Waals surface area contributed by atoms with Crippen LogP contribution in [0.15, 0.2) is 18.2 Å². The highest BCUT2D eigenvalue weighted by molar-refractivity contribution is 6.02. The Labute approximate surface area is 83.0 Å². The quantitative estimate of drug-likeness (QED) is 0.533. The van der Waals surface area contributed by atoms with E-state index in [0.29, 0.717) is 0 Å². The zero-order chi connectivity index (χ0) is 10.9. The molecule has 0 fully saturated rings. The van der Waals surface area contributed by atoms with Crippen LogP contribution in [0.5, 0.6) is 11.5 Å². The average Bonchev–Trinajstić information content (AvgIpc) is 2.07. The Balaban J connectivity index is 3.21. The molecule has 0 amide bonds. The highest BCUT2D eigenvalue weighted by Gasteiger charge is 2.25. The van der Waals surface area contributed by atoms with Crippen LogP contribution in [0.2, 0.25) is 0 Å². The first-order valence-corrected chi connectivity index (χ1v) is 4.40. The number of phenolic OH excluding ortho intramolecular Hbond substituents is 2. The second-order valence-electron chi connectivity index (χ2n) is 4.25. The van der Waals surface area contributed by atoms with E-state index in [1.807, 2.05) is 0 Å². The Morgan fingerprint density at radius 3 is 2.29 bits per heavy atom. The van der Waals surface area contributed by atoms with Gasteiger partial charge in [0, 0.05) is 5.41 Å². The van der Waals surface area contributed by atoms with Gasteiger partial charge in [0.15, 0.2) is 17.3 Å². The highest BCUT2D eigenvalue weighted by Crippen LogP contribution is 2.32. The van der Waals surface area contributed by atoms with Crippen molar-refractivity contribution in [3.63, 3.8) is 0 Å². The number of aromatic hydroxyl groups is 2. The lowest BCUT2D eigenvalue weighted by Gasteiger charge is -2.17. The number of phenols is 2. The van der Waals surface area contributed by atoms with Gasteiger partial charge in [-0.2, -0.15) is 0 Å². The van der Waals surface area contributed by atoms with E-state index in [2.05, 4.69) is 0 Å². The number of para-hydroxylation sites is 1. The minimum atomic E-state index is -0.564. The van der Waals surface area contributed by atoms with Crippen molar-refractivity contribution in [2.24, 2.45) is 5.41 Å². The molecule has 0 aliphatic carbocycles.